The SMILES string of the molecule is CCN(CC)CCN(C(=O)c1ccccc1SC)c1nc2ccc([N+](=O)[O-])cc2s1.Cl. The van der Waals surface area contributed by atoms with Gasteiger partial charge in [-0.2, -0.15) is 0 Å². The molecule has 7 nitrogen and oxygen atoms in total. The zero-order valence-electron chi connectivity index (χ0n) is 17.6. The molecule has 1 amide bonds. The minimum Gasteiger partial charge on any atom is -0.302 e. The van der Waals surface area contributed by atoms with Crippen LogP contribution in [0.25, 0.3) is 10.2 Å². The zero-order valence-corrected chi connectivity index (χ0v) is 20.1. The van der Waals surface area contributed by atoms with E-state index in [1.165, 1.54) is 35.2 Å². The van der Waals surface area contributed by atoms with Gasteiger partial charge in [0.05, 0.1) is 20.7 Å². The van der Waals surface area contributed by atoms with Crippen LogP contribution in [-0.4, -0.2) is 53.1 Å². The van der Waals surface area contributed by atoms with E-state index in [4.69, 9.17) is 0 Å². The van der Waals surface area contributed by atoms with Crippen LogP contribution in [0.3, 0.4) is 0 Å². The summed E-state index contributed by atoms with van der Waals surface area (Å²) in [4.78, 5) is 33.7. The number of nitro groups is 1. The van der Waals surface area contributed by atoms with Gasteiger partial charge in [0.1, 0.15) is 0 Å². The summed E-state index contributed by atoms with van der Waals surface area (Å²) in [6, 6.07) is 12.1. The molecule has 0 aliphatic heterocycles. The summed E-state index contributed by atoms with van der Waals surface area (Å²) in [6.07, 6.45) is 1.95. The lowest BCUT2D eigenvalue weighted by Gasteiger charge is -2.25. The van der Waals surface area contributed by atoms with Gasteiger partial charge in [-0.05, 0) is 37.5 Å². The lowest BCUT2D eigenvalue weighted by Crippen LogP contribution is -2.39. The molecule has 10 heteroatoms. The maximum absolute atomic E-state index is 13.5. The molecule has 0 spiro atoms. The van der Waals surface area contributed by atoms with Crippen molar-refractivity contribution in [3.8, 4) is 0 Å². The van der Waals surface area contributed by atoms with E-state index in [9.17, 15) is 14.9 Å². The molecule has 166 valence electrons. The third kappa shape index (κ3) is 5.74. The number of thioether (sulfide) groups is 1. The largest absolute Gasteiger partial charge is 0.302 e. The summed E-state index contributed by atoms with van der Waals surface area (Å²) >= 11 is 2.83. The van der Waals surface area contributed by atoms with E-state index in [1.807, 2.05) is 30.5 Å². The molecular weight excluding hydrogens is 456 g/mol. The lowest BCUT2D eigenvalue weighted by atomic mass is 10.2. The van der Waals surface area contributed by atoms with E-state index < -0.39 is 4.92 Å². The third-order valence-corrected chi connectivity index (χ3v) is 6.76. The molecule has 1 aromatic heterocycles. The fraction of sp³-hybridized carbons (Fsp3) is 0.333. The molecule has 2 aromatic carbocycles. The Hall–Kier alpha value is -2.20. The molecule has 0 radical (unpaired) electrons. The summed E-state index contributed by atoms with van der Waals surface area (Å²) < 4.78 is 0.693. The molecule has 0 aliphatic rings. The number of likely N-dealkylation sites (N-methyl/N-ethyl adjacent to an activating group) is 1. The normalized spacial score (nSPS) is 10.8. The van der Waals surface area contributed by atoms with E-state index >= 15 is 0 Å². The van der Waals surface area contributed by atoms with Gasteiger partial charge in [-0.25, -0.2) is 4.98 Å². The molecule has 0 N–H and O–H groups in total. The number of rotatable bonds is 9. The fourth-order valence-corrected chi connectivity index (χ4v) is 4.78. The summed E-state index contributed by atoms with van der Waals surface area (Å²) in [6.45, 7) is 7.18. The van der Waals surface area contributed by atoms with Gasteiger partial charge in [-0.3, -0.25) is 19.8 Å². The van der Waals surface area contributed by atoms with E-state index in [1.54, 1.807) is 11.0 Å². The number of nitrogens with zero attached hydrogens (tertiary/aromatic N) is 4. The van der Waals surface area contributed by atoms with Crippen LogP contribution in [0.15, 0.2) is 47.4 Å². The van der Waals surface area contributed by atoms with Crippen LogP contribution in [0.1, 0.15) is 24.2 Å². The minimum atomic E-state index is -0.420. The van der Waals surface area contributed by atoms with Gasteiger partial charge in [-0.1, -0.05) is 37.3 Å². The molecule has 0 bridgehead atoms. The number of nitro benzene ring substituents is 1. The molecule has 0 atom stereocenters. The van der Waals surface area contributed by atoms with Gasteiger partial charge in [0, 0.05) is 30.1 Å². The highest BCUT2D eigenvalue weighted by atomic mass is 35.5. The second-order valence-corrected chi connectivity index (χ2v) is 8.45. The average molecular weight is 481 g/mol. The number of carbonyl (C=O) groups is 1. The first-order chi connectivity index (χ1) is 14.5. The van der Waals surface area contributed by atoms with Crippen molar-refractivity contribution in [1.82, 2.24) is 9.88 Å². The number of fused-ring (bicyclic) bond motifs is 1. The number of carbonyl (C=O) groups excluding carboxylic acids is 1. The predicted molar refractivity (Wildman–Crippen MR) is 131 cm³/mol. The summed E-state index contributed by atoms with van der Waals surface area (Å²) in [5.41, 5.74) is 1.31. The smallest absolute Gasteiger partial charge is 0.270 e. The predicted octanol–water partition coefficient (Wildman–Crippen LogP) is 5.34. The number of benzene rings is 2. The Bertz CT molecular complexity index is 1060. The highest BCUT2D eigenvalue weighted by molar-refractivity contribution is 7.98. The van der Waals surface area contributed by atoms with Gasteiger partial charge in [0.25, 0.3) is 11.6 Å². The Morgan fingerprint density at radius 2 is 1.87 bits per heavy atom. The van der Waals surface area contributed by atoms with E-state index in [-0.39, 0.29) is 24.0 Å². The Morgan fingerprint density at radius 1 is 1.16 bits per heavy atom. The maximum atomic E-state index is 13.5. The number of non-ortho nitro benzene ring substituents is 1. The second kappa shape index (κ2) is 11.4. The number of amides is 1. The van der Waals surface area contributed by atoms with Crippen molar-refractivity contribution in [3.05, 3.63) is 58.1 Å². The fourth-order valence-electron chi connectivity index (χ4n) is 3.16. The van der Waals surface area contributed by atoms with Crippen LogP contribution in [0, 0.1) is 10.1 Å². The number of halogens is 1. The van der Waals surface area contributed by atoms with Crippen LogP contribution in [-0.2, 0) is 0 Å². The van der Waals surface area contributed by atoms with Gasteiger partial charge in [-0.15, -0.1) is 24.2 Å². The van der Waals surface area contributed by atoms with E-state index in [0.717, 1.165) is 24.5 Å². The monoisotopic (exact) mass is 480 g/mol. The van der Waals surface area contributed by atoms with E-state index in [2.05, 4.69) is 23.7 Å². The Labute approximate surface area is 196 Å². The van der Waals surface area contributed by atoms with Crippen LogP contribution in [0.2, 0.25) is 0 Å². The molecule has 0 fully saturated rings. The number of hydrogen-bond acceptors (Lipinski definition) is 7. The third-order valence-electron chi connectivity index (χ3n) is 4.92. The Kier molecular flexibility index (Phi) is 9.24. The molecule has 31 heavy (non-hydrogen) atoms. The van der Waals surface area contributed by atoms with Crippen LogP contribution < -0.4 is 4.90 Å². The van der Waals surface area contributed by atoms with Crippen LogP contribution in [0.5, 0.6) is 0 Å². The van der Waals surface area contributed by atoms with Gasteiger partial charge >= 0.3 is 0 Å². The Morgan fingerprint density at radius 3 is 2.52 bits per heavy atom. The highest BCUT2D eigenvalue weighted by Gasteiger charge is 2.24. The van der Waals surface area contributed by atoms with Crippen LogP contribution >= 0.6 is 35.5 Å². The topological polar surface area (TPSA) is 79.6 Å². The lowest BCUT2D eigenvalue weighted by molar-refractivity contribution is -0.384. The molecule has 0 aliphatic carbocycles. The summed E-state index contributed by atoms with van der Waals surface area (Å²) in [7, 11) is 0. The molecule has 0 unspecified atom stereocenters. The highest BCUT2D eigenvalue weighted by Crippen LogP contribution is 2.33. The summed E-state index contributed by atoms with van der Waals surface area (Å²) in [5.74, 6) is -0.110. The Balaban J connectivity index is 0.00000341. The average Bonchev–Trinajstić information content (AvgIpc) is 3.19. The van der Waals surface area contributed by atoms with Crippen molar-refractivity contribution >= 4 is 62.4 Å². The minimum absolute atomic E-state index is 0. The molecular formula is C21H25ClN4O3S2. The van der Waals surface area contributed by atoms with Gasteiger partial charge < -0.3 is 4.90 Å². The molecule has 0 saturated carbocycles. The van der Waals surface area contributed by atoms with Gasteiger partial charge in [0.2, 0.25) is 0 Å². The van der Waals surface area contributed by atoms with Gasteiger partial charge in [0.15, 0.2) is 5.13 Å². The quantitative estimate of drug-likeness (QED) is 0.234. The first kappa shape index (κ1) is 25.1. The van der Waals surface area contributed by atoms with Crippen LogP contribution in [0.4, 0.5) is 10.8 Å². The van der Waals surface area contributed by atoms with Crippen molar-refractivity contribution in [2.75, 3.05) is 37.3 Å². The second-order valence-electron chi connectivity index (χ2n) is 6.59. The van der Waals surface area contributed by atoms with Crippen molar-refractivity contribution < 1.29 is 9.72 Å². The van der Waals surface area contributed by atoms with Crippen molar-refractivity contribution in [1.29, 1.82) is 0 Å². The van der Waals surface area contributed by atoms with Crippen molar-refractivity contribution in [3.63, 3.8) is 0 Å². The molecule has 0 saturated heterocycles. The number of hydrogen-bond donors (Lipinski definition) is 0. The summed E-state index contributed by atoms with van der Waals surface area (Å²) in [5, 5.41) is 11.7. The number of aromatic nitrogens is 1. The first-order valence-electron chi connectivity index (χ1n) is 9.70. The first-order valence-corrected chi connectivity index (χ1v) is 11.7. The van der Waals surface area contributed by atoms with E-state index in [0.29, 0.717) is 27.5 Å². The molecule has 1 heterocycles. The zero-order chi connectivity index (χ0) is 21.7. The number of anilines is 1. The number of thiazole rings is 1. The molecule has 3 rings (SSSR count). The van der Waals surface area contributed by atoms with Crippen molar-refractivity contribution in [2.24, 2.45) is 0 Å². The molecule has 3 aromatic rings. The standard InChI is InChI=1S/C21H24N4O3S2.ClH/c1-4-23(5-2)12-13-24(20(26)16-8-6-7-9-18(16)29-3)21-22-17-11-10-15(25(27)28)14-19(17)30-21;/h6-11,14H,4-5,12-13H2,1-3H3;1H. The maximum Gasteiger partial charge on any atom is 0.270 e. The van der Waals surface area contributed by atoms with Crippen molar-refractivity contribution in [2.45, 2.75) is 18.7 Å².